The second-order valence-electron chi connectivity index (χ2n) is 2.98. The van der Waals surface area contributed by atoms with Gasteiger partial charge in [0.15, 0.2) is 6.29 Å². The number of carbonyl (C=O) groups is 2. The van der Waals surface area contributed by atoms with Crippen molar-refractivity contribution in [3.05, 3.63) is 28.2 Å². The maximum atomic E-state index is 10.9. The zero-order valence-corrected chi connectivity index (χ0v) is 11.1. The van der Waals surface area contributed by atoms with Crippen molar-refractivity contribution < 1.29 is 14.3 Å². The molecule has 3 nitrogen and oxygen atoms in total. The predicted molar refractivity (Wildman–Crippen MR) is 66.9 cm³/mol. The summed E-state index contributed by atoms with van der Waals surface area (Å²) in [7, 11) is 1.38. The first-order chi connectivity index (χ1) is 7.67. The van der Waals surface area contributed by atoms with Gasteiger partial charge in [-0.1, -0.05) is 15.9 Å². The Balaban J connectivity index is 2.52. The third-order valence-electron chi connectivity index (χ3n) is 1.90. The number of aldehydes is 1. The van der Waals surface area contributed by atoms with E-state index in [0.29, 0.717) is 17.7 Å². The fourth-order valence-corrected chi connectivity index (χ4v) is 2.54. The standard InChI is InChI=1S/C11H11BrO3S/c1-15-11(14)4-5-16-9-3-2-8(7-13)10(12)6-9/h2-3,6-7H,4-5H2,1H3. The van der Waals surface area contributed by atoms with E-state index in [1.54, 1.807) is 17.8 Å². The van der Waals surface area contributed by atoms with Crippen LogP contribution in [0, 0.1) is 0 Å². The van der Waals surface area contributed by atoms with E-state index < -0.39 is 0 Å². The minimum absolute atomic E-state index is 0.212. The first-order valence-corrected chi connectivity index (χ1v) is 6.39. The number of methoxy groups -OCH3 is 1. The van der Waals surface area contributed by atoms with Crippen molar-refractivity contribution in [1.82, 2.24) is 0 Å². The van der Waals surface area contributed by atoms with Crippen molar-refractivity contribution in [2.45, 2.75) is 11.3 Å². The normalized spacial score (nSPS) is 9.88. The molecule has 0 heterocycles. The number of benzene rings is 1. The van der Waals surface area contributed by atoms with Crippen LogP contribution in [-0.2, 0) is 9.53 Å². The van der Waals surface area contributed by atoms with E-state index >= 15 is 0 Å². The first-order valence-electron chi connectivity index (χ1n) is 4.61. The van der Waals surface area contributed by atoms with Gasteiger partial charge in [-0.3, -0.25) is 9.59 Å². The van der Waals surface area contributed by atoms with E-state index in [9.17, 15) is 9.59 Å². The molecule has 1 aromatic carbocycles. The van der Waals surface area contributed by atoms with Crippen LogP contribution in [0.5, 0.6) is 0 Å². The summed E-state index contributed by atoms with van der Waals surface area (Å²) in [6, 6.07) is 5.47. The van der Waals surface area contributed by atoms with Crippen LogP contribution in [0.3, 0.4) is 0 Å². The molecule has 0 aromatic heterocycles. The molecule has 0 saturated carbocycles. The molecule has 1 aromatic rings. The minimum Gasteiger partial charge on any atom is -0.469 e. The van der Waals surface area contributed by atoms with E-state index in [4.69, 9.17) is 0 Å². The number of hydrogen-bond donors (Lipinski definition) is 0. The highest BCUT2D eigenvalue weighted by Gasteiger charge is 2.03. The van der Waals surface area contributed by atoms with E-state index in [-0.39, 0.29) is 5.97 Å². The number of thioether (sulfide) groups is 1. The molecule has 0 aliphatic carbocycles. The summed E-state index contributed by atoms with van der Waals surface area (Å²) in [5, 5.41) is 0. The molecule has 0 atom stereocenters. The van der Waals surface area contributed by atoms with Gasteiger partial charge >= 0.3 is 5.97 Å². The molecule has 16 heavy (non-hydrogen) atoms. The molecule has 0 fully saturated rings. The molecular formula is C11H11BrO3S. The average molecular weight is 303 g/mol. The van der Waals surface area contributed by atoms with Gasteiger partial charge in [-0.2, -0.15) is 0 Å². The minimum atomic E-state index is -0.212. The molecule has 0 N–H and O–H groups in total. The number of rotatable bonds is 5. The molecule has 0 radical (unpaired) electrons. The van der Waals surface area contributed by atoms with Crippen molar-refractivity contribution in [1.29, 1.82) is 0 Å². The van der Waals surface area contributed by atoms with Crippen LogP contribution in [0.2, 0.25) is 0 Å². The van der Waals surface area contributed by atoms with E-state index in [2.05, 4.69) is 20.7 Å². The van der Waals surface area contributed by atoms with Crippen molar-refractivity contribution >= 4 is 39.9 Å². The summed E-state index contributed by atoms with van der Waals surface area (Å²) < 4.78 is 5.31. The van der Waals surface area contributed by atoms with Gasteiger partial charge in [0.25, 0.3) is 0 Å². The Bertz CT molecular complexity index is 393. The molecule has 5 heteroatoms. The van der Waals surface area contributed by atoms with Crippen LogP contribution < -0.4 is 0 Å². The van der Waals surface area contributed by atoms with Gasteiger partial charge < -0.3 is 4.74 Å². The summed E-state index contributed by atoms with van der Waals surface area (Å²) in [6.07, 6.45) is 1.18. The summed E-state index contributed by atoms with van der Waals surface area (Å²) in [6.45, 7) is 0. The molecule has 0 unspecified atom stereocenters. The lowest BCUT2D eigenvalue weighted by atomic mass is 10.2. The van der Waals surface area contributed by atoms with E-state index in [0.717, 1.165) is 15.7 Å². The zero-order chi connectivity index (χ0) is 12.0. The maximum absolute atomic E-state index is 10.9. The molecule has 0 aliphatic rings. The summed E-state index contributed by atoms with van der Waals surface area (Å²) in [5.74, 6) is 0.454. The van der Waals surface area contributed by atoms with Gasteiger partial charge in [-0.15, -0.1) is 11.8 Å². The molecular weight excluding hydrogens is 292 g/mol. The van der Waals surface area contributed by atoms with Gasteiger partial charge in [-0.25, -0.2) is 0 Å². The SMILES string of the molecule is COC(=O)CCSc1ccc(C=O)c(Br)c1. The number of ether oxygens (including phenoxy) is 1. The van der Waals surface area contributed by atoms with Crippen molar-refractivity contribution in [2.75, 3.05) is 12.9 Å². The fraction of sp³-hybridized carbons (Fsp3) is 0.273. The van der Waals surface area contributed by atoms with Gasteiger partial charge in [0.2, 0.25) is 0 Å². The van der Waals surface area contributed by atoms with E-state index in [1.165, 1.54) is 7.11 Å². The van der Waals surface area contributed by atoms with Crippen LogP contribution in [0.4, 0.5) is 0 Å². The number of carbonyl (C=O) groups excluding carboxylic acids is 2. The summed E-state index contributed by atoms with van der Waals surface area (Å²) in [4.78, 5) is 22.5. The molecule has 86 valence electrons. The lowest BCUT2D eigenvalue weighted by Gasteiger charge is -2.03. The largest absolute Gasteiger partial charge is 0.469 e. The molecule has 0 saturated heterocycles. The fourth-order valence-electron chi connectivity index (χ4n) is 1.05. The van der Waals surface area contributed by atoms with Crippen molar-refractivity contribution in [2.24, 2.45) is 0 Å². The first kappa shape index (κ1) is 13.3. The van der Waals surface area contributed by atoms with Gasteiger partial charge in [-0.05, 0) is 18.2 Å². The number of esters is 1. The van der Waals surface area contributed by atoms with Gasteiger partial charge in [0.1, 0.15) is 0 Å². The maximum Gasteiger partial charge on any atom is 0.306 e. The summed E-state index contributed by atoms with van der Waals surface area (Å²) in [5.41, 5.74) is 0.623. The number of halogens is 1. The van der Waals surface area contributed by atoms with Crippen LogP contribution in [0.15, 0.2) is 27.6 Å². The molecule has 0 amide bonds. The highest BCUT2D eigenvalue weighted by Crippen LogP contribution is 2.25. The predicted octanol–water partition coefficient (Wildman–Crippen LogP) is 2.92. The second kappa shape index (κ2) is 6.70. The zero-order valence-electron chi connectivity index (χ0n) is 8.73. The average Bonchev–Trinajstić information content (AvgIpc) is 2.29. The van der Waals surface area contributed by atoms with Crippen molar-refractivity contribution in [3.63, 3.8) is 0 Å². The highest BCUT2D eigenvalue weighted by molar-refractivity contribution is 9.10. The summed E-state index contributed by atoms with van der Waals surface area (Å²) >= 11 is 4.86. The smallest absolute Gasteiger partial charge is 0.306 e. The molecule has 0 spiro atoms. The third-order valence-corrected chi connectivity index (χ3v) is 3.58. The van der Waals surface area contributed by atoms with Gasteiger partial charge in [0, 0.05) is 20.7 Å². The quantitative estimate of drug-likeness (QED) is 0.476. The Labute approximate surface area is 107 Å². The molecule has 1 rings (SSSR count). The third kappa shape index (κ3) is 3.98. The number of hydrogen-bond acceptors (Lipinski definition) is 4. The van der Waals surface area contributed by atoms with Crippen LogP contribution >= 0.6 is 27.7 Å². The Morgan fingerprint density at radius 2 is 2.31 bits per heavy atom. The van der Waals surface area contributed by atoms with Crippen LogP contribution in [-0.4, -0.2) is 25.1 Å². The van der Waals surface area contributed by atoms with Gasteiger partial charge in [0.05, 0.1) is 13.5 Å². The van der Waals surface area contributed by atoms with Crippen molar-refractivity contribution in [3.8, 4) is 0 Å². The Morgan fingerprint density at radius 3 is 2.88 bits per heavy atom. The van der Waals surface area contributed by atoms with E-state index in [1.807, 2.05) is 12.1 Å². The Hall–Kier alpha value is -0.810. The second-order valence-corrected chi connectivity index (χ2v) is 5.00. The molecule has 0 bridgehead atoms. The molecule has 0 aliphatic heterocycles. The lowest BCUT2D eigenvalue weighted by molar-refractivity contribution is -0.140. The van der Waals surface area contributed by atoms with Crippen LogP contribution in [0.1, 0.15) is 16.8 Å². The Morgan fingerprint density at radius 1 is 1.56 bits per heavy atom. The highest BCUT2D eigenvalue weighted by atomic mass is 79.9. The monoisotopic (exact) mass is 302 g/mol. The Kier molecular flexibility index (Phi) is 5.55. The lowest BCUT2D eigenvalue weighted by Crippen LogP contribution is -2.00. The topological polar surface area (TPSA) is 43.4 Å². The van der Waals surface area contributed by atoms with Crippen LogP contribution in [0.25, 0.3) is 0 Å².